The summed E-state index contributed by atoms with van der Waals surface area (Å²) < 4.78 is 0. The van der Waals surface area contributed by atoms with Crippen LogP contribution in [0, 0.1) is 6.92 Å². The number of nitrogens with zero attached hydrogens (tertiary/aromatic N) is 1. The Balaban J connectivity index is 1.87. The van der Waals surface area contributed by atoms with Gasteiger partial charge in [-0.2, -0.15) is 0 Å². The van der Waals surface area contributed by atoms with Gasteiger partial charge < -0.3 is 16.0 Å². The monoisotopic (exact) mass is 380 g/mol. The second-order valence-corrected chi connectivity index (χ2v) is 7.64. The van der Waals surface area contributed by atoms with E-state index in [0.717, 1.165) is 31.0 Å². The molecule has 0 aliphatic rings. The standard InChI is InChI=1S/C23H32N4O/c1-17-8-6-11-20(14-17)23(2,3)16-27-22(25-5)26-13-12-18-9-7-10-19(15-18)21(28)24-4/h6-11,14-15H,12-13,16H2,1-5H3,(H,24,28)(H2,25,26,27). The number of hydrogen-bond donors (Lipinski definition) is 3. The first-order valence-electron chi connectivity index (χ1n) is 9.68. The molecule has 0 atom stereocenters. The number of amides is 1. The number of carbonyl (C=O) groups is 1. The largest absolute Gasteiger partial charge is 0.356 e. The normalized spacial score (nSPS) is 11.8. The van der Waals surface area contributed by atoms with Crippen molar-refractivity contribution < 1.29 is 4.79 Å². The van der Waals surface area contributed by atoms with Crippen molar-refractivity contribution in [2.75, 3.05) is 27.2 Å². The van der Waals surface area contributed by atoms with E-state index in [-0.39, 0.29) is 11.3 Å². The molecule has 0 spiro atoms. The van der Waals surface area contributed by atoms with E-state index in [1.165, 1.54) is 11.1 Å². The number of aryl methyl sites for hydroxylation is 1. The van der Waals surface area contributed by atoms with Gasteiger partial charge in [-0.3, -0.25) is 9.79 Å². The van der Waals surface area contributed by atoms with Crippen LogP contribution in [0.5, 0.6) is 0 Å². The highest BCUT2D eigenvalue weighted by atomic mass is 16.1. The molecule has 0 aliphatic carbocycles. The van der Waals surface area contributed by atoms with Crippen molar-refractivity contribution in [3.8, 4) is 0 Å². The number of benzene rings is 2. The van der Waals surface area contributed by atoms with Crippen LogP contribution < -0.4 is 16.0 Å². The lowest BCUT2D eigenvalue weighted by Crippen LogP contribution is -2.44. The molecule has 5 heteroatoms. The molecular formula is C23H32N4O. The topological polar surface area (TPSA) is 65.5 Å². The van der Waals surface area contributed by atoms with Gasteiger partial charge in [0.1, 0.15) is 0 Å². The number of hydrogen-bond acceptors (Lipinski definition) is 2. The van der Waals surface area contributed by atoms with E-state index >= 15 is 0 Å². The molecule has 2 aromatic rings. The minimum Gasteiger partial charge on any atom is -0.356 e. The van der Waals surface area contributed by atoms with E-state index in [1.807, 2.05) is 24.3 Å². The van der Waals surface area contributed by atoms with E-state index in [9.17, 15) is 4.79 Å². The van der Waals surface area contributed by atoms with Crippen molar-refractivity contribution in [2.45, 2.75) is 32.6 Å². The van der Waals surface area contributed by atoms with Crippen molar-refractivity contribution in [3.05, 3.63) is 70.8 Å². The van der Waals surface area contributed by atoms with E-state index in [0.29, 0.717) is 5.56 Å². The van der Waals surface area contributed by atoms with E-state index < -0.39 is 0 Å². The number of aliphatic imine (C=N–C) groups is 1. The first-order chi connectivity index (χ1) is 13.4. The molecule has 0 bridgehead atoms. The molecule has 0 radical (unpaired) electrons. The zero-order valence-electron chi connectivity index (χ0n) is 17.6. The third-order valence-corrected chi connectivity index (χ3v) is 4.84. The average molecular weight is 381 g/mol. The number of nitrogens with one attached hydrogen (secondary N) is 3. The summed E-state index contributed by atoms with van der Waals surface area (Å²) in [6.45, 7) is 8.09. The van der Waals surface area contributed by atoms with Crippen molar-refractivity contribution in [1.29, 1.82) is 0 Å². The Morgan fingerprint density at radius 1 is 1.07 bits per heavy atom. The van der Waals surface area contributed by atoms with Crippen LogP contribution in [0.15, 0.2) is 53.5 Å². The molecule has 2 aromatic carbocycles. The third kappa shape index (κ3) is 6.12. The Bertz CT molecular complexity index is 827. The van der Waals surface area contributed by atoms with E-state index in [2.05, 4.69) is 66.0 Å². The highest BCUT2D eigenvalue weighted by Gasteiger charge is 2.21. The molecule has 28 heavy (non-hydrogen) atoms. The molecule has 3 N–H and O–H groups in total. The summed E-state index contributed by atoms with van der Waals surface area (Å²) in [5.74, 6) is 0.717. The average Bonchev–Trinajstić information content (AvgIpc) is 2.70. The summed E-state index contributed by atoms with van der Waals surface area (Å²) in [6, 6.07) is 16.3. The Labute approximate surface area is 168 Å². The van der Waals surface area contributed by atoms with Gasteiger partial charge in [0.25, 0.3) is 5.91 Å². The van der Waals surface area contributed by atoms with Gasteiger partial charge in [0.05, 0.1) is 0 Å². The Kier molecular flexibility index (Phi) is 7.61. The maximum Gasteiger partial charge on any atom is 0.251 e. The summed E-state index contributed by atoms with van der Waals surface area (Å²) in [7, 11) is 3.42. The predicted octanol–water partition coefficient (Wildman–Crippen LogP) is 3.04. The highest BCUT2D eigenvalue weighted by Crippen LogP contribution is 2.22. The van der Waals surface area contributed by atoms with Gasteiger partial charge in [0.15, 0.2) is 5.96 Å². The van der Waals surface area contributed by atoms with Crippen molar-refractivity contribution in [2.24, 2.45) is 4.99 Å². The lowest BCUT2D eigenvalue weighted by molar-refractivity contribution is 0.0963. The van der Waals surface area contributed by atoms with Crippen LogP contribution in [0.25, 0.3) is 0 Å². The molecule has 2 rings (SSSR count). The molecule has 0 unspecified atom stereocenters. The number of guanidine groups is 1. The molecule has 0 saturated heterocycles. The predicted molar refractivity (Wildman–Crippen MR) is 117 cm³/mol. The van der Waals surface area contributed by atoms with Gasteiger partial charge in [0.2, 0.25) is 0 Å². The van der Waals surface area contributed by atoms with E-state index in [4.69, 9.17) is 0 Å². The van der Waals surface area contributed by atoms with Gasteiger partial charge in [0, 0.05) is 38.2 Å². The maximum atomic E-state index is 11.8. The summed E-state index contributed by atoms with van der Waals surface area (Å²) in [6.07, 6.45) is 0.812. The summed E-state index contributed by atoms with van der Waals surface area (Å²) in [5, 5.41) is 9.44. The second kappa shape index (κ2) is 9.93. The maximum absolute atomic E-state index is 11.8. The molecule has 0 fully saturated rings. The summed E-state index contributed by atoms with van der Waals surface area (Å²) in [4.78, 5) is 16.1. The zero-order chi connectivity index (χ0) is 20.6. The second-order valence-electron chi connectivity index (χ2n) is 7.64. The summed E-state index contributed by atoms with van der Waals surface area (Å²) in [5.41, 5.74) is 4.37. The fraction of sp³-hybridized carbons (Fsp3) is 0.391. The molecule has 150 valence electrons. The van der Waals surface area contributed by atoms with Gasteiger partial charge >= 0.3 is 0 Å². The van der Waals surface area contributed by atoms with Crippen LogP contribution >= 0.6 is 0 Å². The van der Waals surface area contributed by atoms with Crippen LogP contribution in [0.1, 0.15) is 40.9 Å². The molecular weight excluding hydrogens is 348 g/mol. The van der Waals surface area contributed by atoms with Gasteiger partial charge in [-0.05, 0) is 36.6 Å². The molecule has 1 amide bonds. The van der Waals surface area contributed by atoms with Crippen molar-refractivity contribution >= 4 is 11.9 Å². The number of carbonyl (C=O) groups excluding carboxylic acids is 1. The molecule has 0 aromatic heterocycles. The zero-order valence-corrected chi connectivity index (χ0v) is 17.6. The lowest BCUT2D eigenvalue weighted by Gasteiger charge is -2.27. The molecule has 0 heterocycles. The minimum absolute atomic E-state index is 0.00845. The van der Waals surface area contributed by atoms with Crippen LogP contribution in [0.3, 0.4) is 0 Å². The Hall–Kier alpha value is -2.82. The molecule has 0 saturated carbocycles. The summed E-state index contributed by atoms with van der Waals surface area (Å²) >= 11 is 0. The SMILES string of the molecule is CN=C(NCCc1cccc(C(=O)NC)c1)NCC(C)(C)c1cccc(C)c1. The van der Waals surface area contributed by atoms with Crippen LogP contribution in [-0.4, -0.2) is 39.1 Å². The van der Waals surface area contributed by atoms with Crippen LogP contribution in [-0.2, 0) is 11.8 Å². The van der Waals surface area contributed by atoms with Gasteiger partial charge in [-0.1, -0.05) is 55.8 Å². The number of rotatable bonds is 7. The molecule has 0 aliphatic heterocycles. The lowest BCUT2D eigenvalue weighted by atomic mass is 9.84. The Morgan fingerprint density at radius 2 is 1.82 bits per heavy atom. The molecule has 5 nitrogen and oxygen atoms in total. The van der Waals surface area contributed by atoms with Crippen LogP contribution in [0.4, 0.5) is 0 Å². The Morgan fingerprint density at radius 3 is 2.50 bits per heavy atom. The van der Waals surface area contributed by atoms with Crippen LogP contribution in [0.2, 0.25) is 0 Å². The van der Waals surface area contributed by atoms with Gasteiger partial charge in [-0.15, -0.1) is 0 Å². The first-order valence-corrected chi connectivity index (χ1v) is 9.68. The van der Waals surface area contributed by atoms with Crippen molar-refractivity contribution in [1.82, 2.24) is 16.0 Å². The quantitative estimate of drug-likeness (QED) is 0.511. The highest BCUT2D eigenvalue weighted by molar-refractivity contribution is 5.94. The van der Waals surface area contributed by atoms with E-state index in [1.54, 1.807) is 14.1 Å². The fourth-order valence-corrected chi connectivity index (χ4v) is 3.03. The fourth-order valence-electron chi connectivity index (χ4n) is 3.03. The van der Waals surface area contributed by atoms with Crippen molar-refractivity contribution in [3.63, 3.8) is 0 Å². The minimum atomic E-state index is -0.0642. The smallest absolute Gasteiger partial charge is 0.251 e. The van der Waals surface area contributed by atoms with Gasteiger partial charge in [-0.25, -0.2) is 0 Å². The third-order valence-electron chi connectivity index (χ3n) is 4.84. The first kappa shape index (κ1) is 21.5.